The molecule has 0 aliphatic heterocycles. The zero-order valence-electron chi connectivity index (χ0n) is 8.83. The monoisotopic (exact) mass is 227 g/mol. The summed E-state index contributed by atoms with van der Waals surface area (Å²) < 4.78 is 0. The van der Waals surface area contributed by atoms with Gasteiger partial charge in [0.25, 0.3) is 0 Å². The smallest absolute Gasteiger partial charge is 0.196 e. The van der Waals surface area contributed by atoms with Crippen LogP contribution in [0.5, 0.6) is 5.75 Å². The van der Waals surface area contributed by atoms with Crippen LogP contribution in [-0.4, -0.2) is 10.9 Å². The minimum absolute atomic E-state index is 0.0899. The van der Waals surface area contributed by atoms with Gasteiger partial charge in [-0.25, -0.2) is 0 Å². The Hall–Kier alpha value is -2.49. The largest absolute Gasteiger partial charge is 0.507 e. The molecule has 0 spiro atoms. The molecule has 0 aliphatic carbocycles. The molecule has 0 aliphatic rings. The molecule has 0 bridgehead atoms. The molecule has 0 amide bonds. The molecule has 0 heterocycles. The van der Waals surface area contributed by atoms with Gasteiger partial charge in [-0.05, 0) is 17.3 Å². The van der Waals surface area contributed by atoms with E-state index >= 15 is 0 Å². The molecule has 2 rings (SSSR count). The third-order valence-electron chi connectivity index (χ3n) is 2.37. The van der Waals surface area contributed by atoms with E-state index < -0.39 is 0 Å². The first kappa shape index (κ1) is 11.0. The molecule has 0 aromatic heterocycles. The summed E-state index contributed by atoms with van der Waals surface area (Å²) in [6, 6.07) is 12.6. The Balaban J connectivity index is 2.42. The number of carbonyl (C=O) groups is 1. The van der Waals surface area contributed by atoms with E-state index in [1.807, 2.05) is 0 Å². The van der Waals surface area contributed by atoms with Gasteiger partial charge in [0, 0.05) is 11.6 Å². The highest BCUT2D eigenvalue weighted by Crippen LogP contribution is 2.25. The van der Waals surface area contributed by atoms with E-state index in [4.69, 9.17) is 0 Å². The molecular weight excluding hydrogens is 218 g/mol. The molecule has 2 aromatic rings. The van der Waals surface area contributed by atoms with E-state index in [-0.39, 0.29) is 22.8 Å². The summed E-state index contributed by atoms with van der Waals surface area (Å²) in [4.78, 5) is 22.3. The third kappa shape index (κ3) is 2.20. The molecule has 1 N–H and O–H groups in total. The van der Waals surface area contributed by atoms with Crippen molar-refractivity contribution in [2.45, 2.75) is 0 Å². The Bertz CT molecular complexity index is 564. The van der Waals surface area contributed by atoms with Crippen molar-refractivity contribution in [3.63, 3.8) is 0 Å². The number of carbonyl (C=O) groups excluding carboxylic acids is 1. The number of rotatable bonds is 3. The molecule has 0 fully saturated rings. The Morgan fingerprint density at radius 1 is 1.06 bits per heavy atom. The number of nitroso groups, excluding NO2 is 1. The number of phenols is 1. The second kappa shape index (κ2) is 4.57. The van der Waals surface area contributed by atoms with Crippen molar-refractivity contribution in [2.75, 3.05) is 0 Å². The van der Waals surface area contributed by atoms with Crippen LogP contribution in [-0.2, 0) is 0 Å². The van der Waals surface area contributed by atoms with Crippen LogP contribution < -0.4 is 0 Å². The van der Waals surface area contributed by atoms with Crippen LogP contribution in [0.4, 0.5) is 5.69 Å². The SMILES string of the molecule is O=Nc1ccc(C(=O)c2ccccc2)c(O)c1. The van der Waals surface area contributed by atoms with Crippen molar-refractivity contribution in [3.8, 4) is 5.75 Å². The second-order valence-electron chi connectivity index (χ2n) is 3.49. The van der Waals surface area contributed by atoms with Crippen LogP contribution >= 0.6 is 0 Å². The number of hydrogen-bond acceptors (Lipinski definition) is 4. The van der Waals surface area contributed by atoms with Crippen LogP contribution in [0.2, 0.25) is 0 Å². The second-order valence-corrected chi connectivity index (χ2v) is 3.49. The highest BCUT2D eigenvalue weighted by Gasteiger charge is 2.13. The summed E-state index contributed by atoms with van der Waals surface area (Å²) in [6.45, 7) is 0. The normalized spacial score (nSPS) is 9.88. The highest BCUT2D eigenvalue weighted by molar-refractivity contribution is 6.10. The number of phenolic OH excluding ortho intramolecular Hbond substituents is 1. The Morgan fingerprint density at radius 2 is 1.76 bits per heavy atom. The molecule has 4 nitrogen and oxygen atoms in total. The Kier molecular flexibility index (Phi) is 2.96. The summed E-state index contributed by atoms with van der Waals surface area (Å²) in [5, 5.41) is 12.3. The molecule has 2 aromatic carbocycles. The summed E-state index contributed by atoms with van der Waals surface area (Å²) in [5.74, 6) is -0.531. The fraction of sp³-hybridized carbons (Fsp3) is 0. The van der Waals surface area contributed by atoms with Gasteiger partial charge in [-0.3, -0.25) is 4.79 Å². The predicted molar refractivity (Wildman–Crippen MR) is 63.4 cm³/mol. The van der Waals surface area contributed by atoms with Gasteiger partial charge in [0.15, 0.2) is 5.78 Å². The van der Waals surface area contributed by atoms with Crippen LogP contribution in [0.25, 0.3) is 0 Å². The zero-order chi connectivity index (χ0) is 12.3. The third-order valence-corrected chi connectivity index (χ3v) is 2.37. The quantitative estimate of drug-likeness (QED) is 0.647. The average molecular weight is 227 g/mol. The van der Waals surface area contributed by atoms with Gasteiger partial charge in [0.05, 0.1) is 5.56 Å². The maximum Gasteiger partial charge on any atom is 0.196 e. The van der Waals surface area contributed by atoms with E-state index in [1.54, 1.807) is 30.3 Å². The number of nitrogens with zero attached hydrogens (tertiary/aromatic N) is 1. The maximum atomic E-state index is 12.0. The minimum Gasteiger partial charge on any atom is -0.507 e. The van der Waals surface area contributed by atoms with Crippen molar-refractivity contribution in [2.24, 2.45) is 5.18 Å². The van der Waals surface area contributed by atoms with E-state index in [2.05, 4.69) is 5.18 Å². The molecule has 84 valence electrons. The summed E-state index contributed by atoms with van der Waals surface area (Å²) in [7, 11) is 0. The minimum atomic E-state index is -0.291. The number of hydrogen-bond donors (Lipinski definition) is 1. The highest BCUT2D eigenvalue weighted by atomic mass is 16.3. The number of aromatic hydroxyl groups is 1. The first-order chi connectivity index (χ1) is 8.22. The molecule has 0 atom stereocenters. The van der Waals surface area contributed by atoms with E-state index in [0.717, 1.165) is 0 Å². The van der Waals surface area contributed by atoms with Crippen molar-refractivity contribution >= 4 is 11.5 Å². The van der Waals surface area contributed by atoms with Crippen molar-refractivity contribution in [1.82, 2.24) is 0 Å². The zero-order valence-corrected chi connectivity index (χ0v) is 8.83. The van der Waals surface area contributed by atoms with Gasteiger partial charge in [0.2, 0.25) is 0 Å². The lowest BCUT2D eigenvalue weighted by Gasteiger charge is -2.03. The van der Waals surface area contributed by atoms with Gasteiger partial charge in [-0.2, -0.15) is 0 Å². The fourth-order valence-electron chi connectivity index (χ4n) is 1.51. The molecular formula is C13H9NO3. The summed E-state index contributed by atoms with van der Waals surface area (Å²) >= 11 is 0. The van der Waals surface area contributed by atoms with Crippen molar-refractivity contribution < 1.29 is 9.90 Å². The van der Waals surface area contributed by atoms with Gasteiger partial charge in [-0.1, -0.05) is 30.3 Å². The molecule has 4 heteroatoms. The van der Waals surface area contributed by atoms with E-state index in [9.17, 15) is 14.8 Å². The van der Waals surface area contributed by atoms with Crippen molar-refractivity contribution in [3.05, 3.63) is 64.6 Å². The number of benzene rings is 2. The van der Waals surface area contributed by atoms with Gasteiger partial charge >= 0.3 is 0 Å². The molecule has 0 unspecified atom stereocenters. The summed E-state index contributed by atoms with van der Waals surface area (Å²) in [6.07, 6.45) is 0. The molecule has 17 heavy (non-hydrogen) atoms. The first-order valence-electron chi connectivity index (χ1n) is 4.98. The lowest BCUT2D eigenvalue weighted by molar-refractivity contribution is 0.103. The Morgan fingerprint density at radius 3 is 2.35 bits per heavy atom. The Labute approximate surface area is 97.5 Å². The predicted octanol–water partition coefficient (Wildman–Crippen LogP) is 3.02. The van der Waals surface area contributed by atoms with E-state index in [0.29, 0.717) is 5.56 Å². The average Bonchev–Trinajstić information content (AvgIpc) is 2.39. The maximum absolute atomic E-state index is 12.0. The van der Waals surface area contributed by atoms with Crippen LogP contribution in [0.15, 0.2) is 53.7 Å². The first-order valence-corrected chi connectivity index (χ1v) is 4.98. The van der Waals surface area contributed by atoms with Gasteiger partial charge in [0.1, 0.15) is 11.4 Å². The van der Waals surface area contributed by atoms with Gasteiger partial charge < -0.3 is 5.11 Å². The standard InChI is InChI=1S/C13H9NO3/c15-12-8-10(14-17)6-7-11(12)13(16)9-4-2-1-3-5-9/h1-8,15H. The molecule has 0 saturated carbocycles. The van der Waals surface area contributed by atoms with Crippen molar-refractivity contribution in [1.29, 1.82) is 0 Å². The molecule has 0 saturated heterocycles. The lowest BCUT2D eigenvalue weighted by atomic mass is 10.0. The van der Waals surface area contributed by atoms with Gasteiger partial charge in [-0.15, -0.1) is 4.91 Å². The van der Waals surface area contributed by atoms with Crippen LogP contribution in [0.3, 0.4) is 0 Å². The fourth-order valence-corrected chi connectivity index (χ4v) is 1.51. The lowest BCUT2D eigenvalue weighted by Crippen LogP contribution is -2.00. The summed E-state index contributed by atoms with van der Waals surface area (Å²) in [5.41, 5.74) is 0.727. The van der Waals surface area contributed by atoms with E-state index in [1.165, 1.54) is 18.2 Å². The van der Waals surface area contributed by atoms with Crippen LogP contribution in [0.1, 0.15) is 15.9 Å². The number of ketones is 1. The van der Waals surface area contributed by atoms with Crippen LogP contribution in [0, 0.1) is 4.91 Å². The molecule has 0 radical (unpaired) electrons. The topological polar surface area (TPSA) is 66.7 Å².